The van der Waals surface area contributed by atoms with Crippen LogP contribution in [0.4, 0.5) is 0 Å². The first-order valence-corrected chi connectivity index (χ1v) is 12.0. The van der Waals surface area contributed by atoms with Crippen LogP contribution >= 0.6 is 39.3 Å². The van der Waals surface area contributed by atoms with Gasteiger partial charge in [0.15, 0.2) is 5.01 Å². The van der Waals surface area contributed by atoms with E-state index >= 15 is 0 Å². The molecular formula is C22H26BrClN2O3S. The molecule has 0 saturated heterocycles. The number of hydrogen-bond acceptors (Lipinski definition) is 5. The van der Waals surface area contributed by atoms with Gasteiger partial charge in [-0.1, -0.05) is 45.7 Å². The van der Waals surface area contributed by atoms with Crippen molar-refractivity contribution in [1.82, 2.24) is 0 Å². The number of halogens is 2. The summed E-state index contributed by atoms with van der Waals surface area (Å²) in [7, 11) is 0. The molecule has 1 aliphatic heterocycles. The van der Waals surface area contributed by atoms with Crippen molar-refractivity contribution in [2.45, 2.75) is 62.0 Å². The summed E-state index contributed by atoms with van der Waals surface area (Å²) in [6.07, 6.45) is 7.99. The van der Waals surface area contributed by atoms with E-state index in [4.69, 9.17) is 16.3 Å². The van der Waals surface area contributed by atoms with Gasteiger partial charge in [-0.2, -0.15) is 5.11 Å². The molecular weight excluding hydrogens is 488 g/mol. The molecule has 0 bridgehead atoms. The zero-order valence-corrected chi connectivity index (χ0v) is 20.7. The van der Waals surface area contributed by atoms with Crippen LogP contribution in [0.5, 0.6) is 0 Å². The number of rotatable bonds is 8. The topological polar surface area (TPSA) is 68.1 Å². The van der Waals surface area contributed by atoms with Crippen LogP contribution in [0, 0.1) is 0 Å². The average molecular weight is 514 g/mol. The van der Waals surface area contributed by atoms with Crippen molar-refractivity contribution >= 4 is 57.2 Å². The van der Waals surface area contributed by atoms with Crippen molar-refractivity contribution in [3.05, 3.63) is 52.2 Å². The number of benzene rings is 1. The minimum absolute atomic E-state index is 0.129. The molecule has 1 aromatic carbocycles. The molecule has 0 saturated carbocycles. The van der Waals surface area contributed by atoms with Crippen LogP contribution in [0.3, 0.4) is 0 Å². The van der Waals surface area contributed by atoms with Gasteiger partial charge in [0.2, 0.25) is 0 Å². The van der Waals surface area contributed by atoms with Gasteiger partial charge < -0.3 is 4.74 Å². The number of nitrogens with zero attached hydrogens (tertiary/aromatic N) is 2. The van der Waals surface area contributed by atoms with Crippen LogP contribution in [0.2, 0.25) is 5.02 Å². The van der Waals surface area contributed by atoms with Gasteiger partial charge in [0, 0.05) is 23.1 Å². The van der Waals surface area contributed by atoms with Crippen molar-refractivity contribution < 1.29 is 14.3 Å². The molecule has 0 aliphatic carbocycles. The summed E-state index contributed by atoms with van der Waals surface area (Å²) in [5, 5.41) is 7.13. The normalized spacial score (nSPS) is 17.5. The first-order valence-electron chi connectivity index (χ1n) is 9.70. The molecule has 1 aliphatic rings. The van der Waals surface area contributed by atoms with Crippen molar-refractivity contribution in [2.24, 2.45) is 10.2 Å². The number of carbonyl (C=O) groups is 2. The van der Waals surface area contributed by atoms with Crippen LogP contribution in [-0.2, 0) is 25.5 Å². The van der Waals surface area contributed by atoms with Crippen molar-refractivity contribution in [3.63, 3.8) is 0 Å². The highest BCUT2D eigenvalue weighted by atomic mass is 79.9. The zero-order valence-electron chi connectivity index (χ0n) is 17.5. The van der Waals surface area contributed by atoms with E-state index < -0.39 is 5.97 Å². The monoisotopic (exact) mass is 512 g/mol. The highest BCUT2D eigenvalue weighted by Gasteiger charge is 2.23. The molecule has 5 nitrogen and oxygen atoms in total. The van der Waals surface area contributed by atoms with Crippen LogP contribution in [0.1, 0.15) is 57.2 Å². The SMILES string of the molecule is CCCC(Br)OC(=O)/C=C/c1cc(CSC2C=CN=NC2=O)c(C(C)(C)C)cc1Cl. The van der Waals surface area contributed by atoms with E-state index in [0.717, 1.165) is 29.5 Å². The standard InChI is InChI=1S/C22H26BrClN2O3S/c1-5-6-19(23)29-20(27)8-7-14-11-15(16(12-17(14)24)22(2,3)4)13-30-18-9-10-25-26-21(18)28/h7-12,18-19H,5-6,13H2,1-4H3/b8-7+. The lowest BCUT2D eigenvalue weighted by atomic mass is 9.83. The maximum atomic E-state index is 12.0. The summed E-state index contributed by atoms with van der Waals surface area (Å²) >= 11 is 11.3. The van der Waals surface area contributed by atoms with Gasteiger partial charge in [0.25, 0.3) is 5.91 Å². The van der Waals surface area contributed by atoms with Crippen molar-refractivity contribution in [2.75, 3.05) is 0 Å². The Balaban J connectivity index is 2.23. The Kier molecular flexibility index (Phi) is 9.31. The number of thioether (sulfide) groups is 1. The number of azo groups is 1. The van der Waals surface area contributed by atoms with Crippen molar-refractivity contribution in [3.8, 4) is 0 Å². The maximum Gasteiger partial charge on any atom is 0.331 e. The van der Waals surface area contributed by atoms with E-state index in [0.29, 0.717) is 10.8 Å². The quantitative estimate of drug-likeness (QED) is 0.217. The fourth-order valence-electron chi connectivity index (χ4n) is 2.84. The minimum Gasteiger partial charge on any atom is -0.448 e. The lowest BCUT2D eigenvalue weighted by molar-refractivity contribution is -0.139. The Labute approximate surface area is 195 Å². The summed E-state index contributed by atoms with van der Waals surface area (Å²) in [6, 6.07) is 3.90. The van der Waals surface area contributed by atoms with Gasteiger partial charge in [-0.3, -0.25) is 4.79 Å². The van der Waals surface area contributed by atoms with Gasteiger partial charge in [0.05, 0.1) is 0 Å². The molecule has 0 fully saturated rings. The minimum atomic E-state index is -0.430. The van der Waals surface area contributed by atoms with E-state index in [1.807, 2.05) is 19.1 Å². The molecule has 1 heterocycles. The number of amides is 1. The number of alkyl halides is 1. The summed E-state index contributed by atoms with van der Waals surface area (Å²) in [5.74, 6) is -0.0840. The van der Waals surface area contributed by atoms with E-state index in [1.165, 1.54) is 17.8 Å². The second-order valence-corrected chi connectivity index (χ2v) is 10.4. The van der Waals surface area contributed by atoms with Crippen LogP contribution in [-0.4, -0.2) is 22.1 Å². The Morgan fingerprint density at radius 1 is 1.40 bits per heavy atom. The Hall–Kier alpha value is -1.44. The molecule has 0 aromatic heterocycles. The summed E-state index contributed by atoms with van der Waals surface area (Å²) < 4.78 is 5.28. The van der Waals surface area contributed by atoms with E-state index in [2.05, 4.69) is 46.9 Å². The smallest absolute Gasteiger partial charge is 0.331 e. The number of ether oxygens (including phenoxy) is 1. The Morgan fingerprint density at radius 3 is 2.77 bits per heavy atom. The zero-order chi connectivity index (χ0) is 22.3. The fraction of sp³-hybridized carbons (Fsp3) is 0.455. The third kappa shape index (κ3) is 7.36. The number of esters is 1. The summed E-state index contributed by atoms with van der Waals surface area (Å²) in [4.78, 5) is 24.0. The lowest BCUT2D eigenvalue weighted by Crippen LogP contribution is -2.17. The molecule has 0 radical (unpaired) electrons. The lowest BCUT2D eigenvalue weighted by Gasteiger charge is -2.24. The summed E-state index contributed by atoms with van der Waals surface area (Å²) in [5.41, 5.74) is 2.75. The molecule has 1 aromatic rings. The molecule has 8 heteroatoms. The molecule has 1 amide bonds. The highest BCUT2D eigenvalue weighted by Crippen LogP contribution is 2.35. The van der Waals surface area contributed by atoms with E-state index in [9.17, 15) is 9.59 Å². The second kappa shape index (κ2) is 11.3. The molecule has 162 valence electrons. The first-order chi connectivity index (χ1) is 14.1. The third-order valence-corrected chi connectivity index (χ3v) is 6.50. The van der Waals surface area contributed by atoms with Crippen LogP contribution < -0.4 is 0 Å². The number of hydrogen-bond donors (Lipinski definition) is 0. The van der Waals surface area contributed by atoms with Crippen molar-refractivity contribution in [1.29, 1.82) is 0 Å². The first kappa shape index (κ1) is 24.8. The van der Waals surface area contributed by atoms with Gasteiger partial charge in [-0.05, 0) is 68.7 Å². The van der Waals surface area contributed by atoms with E-state index in [-0.39, 0.29) is 21.6 Å². The van der Waals surface area contributed by atoms with Gasteiger partial charge >= 0.3 is 5.97 Å². The van der Waals surface area contributed by atoms with Gasteiger partial charge in [-0.25, -0.2) is 4.79 Å². The predicted octanol–water partition coefficient (Wildman–Crippen LogP) is 6.82. The summed E-state index contributed by atoms with van der Waals surface area (Å²) in [6.45, 7) is 8.37. The Morgan fingerprint density at radius 2 is 2.13 bits per heavy atom. The fourth-order valence-corrected chi connectivity index (χ4v) is 4.68. The predicted molar refractivity (Wildman–Crippen MR) is 127 cm³/mol. The van der Waals surface area contributed by atoms with E-state index in [1.54, 1.807) is 18.4 Å². The second-order valence-electron chi connectivity index (χ2n) is 7.88. The van der Waals surface area contributed by atoms with Crippen LogP contribution in [0.25, 0.3) is 6.08 Å². The molecule has 0 N–H and O–H groups in total. The molecule has 0 spiro atoms. The molecule has 2 atom stereocenters. The van der Waals surface area contributed by atoms with Gasteiger partial charge in [0.1, 0.15) is 5.25 Å². The maximum absolute atomic E-state index is 12.0. The number of carbonyl (C=O) groups excluding carboxylic acids is 2. The van der Waals surface area contributed by atoms with Crippen LogP contribution in [0.15, 0.2) is 40.7 Å². The average Bonchev–Trinajstić information content (AvgIpc) is 2.66. The van der Waals surface area contributed by atoms with Gasteiger partial charge in [-0.15, -0.1) is 16.9 Å². The molecule has 2 unspecified atom stereocenters. The molecule has 2 rings (SSSR count). The highest BCUT2D eigenvalue weighted by molar-refractivity contribution is 9.09. The molecule has 30 heavy (non-hydrogen) atoms. The Bertz CT molecular complexity index is 878. The third-order valence-electron chi connectivity index (χ3n) is 4.33. The largest absolute Gasteiger partial charge is 0.448 e.